The van der Waals surface area contributed by atoms with E-state index in [2.05, 4.69) is 15.9 Å². The van der Waals surface area contributed by atoms with Crippen LogP contribution in [-0.4, -0.2) is 11.2 Å². The standard InChI is InChI=1S/C13H12BrClN2O2/c14-9-1-3-12(11(15)7-9)19-6-5-17-8-10(16)2-4-13(17)18/h1-4,7-8H,5-6,16H2. The van der Waals surface area contributed by atoms with E-state index in [1.165, 1.54) is 10.6 Å². The summed E-state index contributed by atoms with van der Waals surface area (Å²) in [5.41, 5.74) is 6.06. The van der Waals surface area contributed by atoms with E-state index >= 15 is 0 Å². The fourth-order valence-electron chi connectivity index (χ4n) is 1.57. The number of nitrogen functional groups attached to an aromatic ring is 1. The molecule has 0 aliphatic carbocycles. The number of aromatic nitrogens is 1. The SMILES string of the molecule is Nc1ccc(=O)n(CCOc2ccc(Br)cc2Cl)c1. The first-order valence-electron chi connectivity index (χ1n) is 5.60. The van der Waals surface area contributed by atoms with Gasteiger partial charge in [0.25, 0.3) is 5.56 Å². The van der Waals surface area contributed by atoms with Gasteiger partial charge in [-0.15, -0.1) is 0 Å². The highest BCUT2D eigenvalue weighted by molar-refractivity contribution is 9.10. The molecular formula is C13H12BrClN2O2. The third-order valence-corrected chi connectivity index (χ3v) is 3.28. The number of ether oxygens (including phenoxy) is 1. The van der Waals surface area contributed by atoms with E-state index in [-0.39, 0.29) is 5.56 Å². The van der Waals surface area contributed by atoms with Gasteiger partial charge in [0.1, 0.15) is 12.4 Å². The molecule has 6 heteroatoms. The molecule has 1 heterocycles. The zero-order valence-electron chi connectivity index (χ0n) is 9.98. The van der Waals surface area contributed by atoms with Gasteiger partial charge in [-0.25, -0.2) is 0 Å². The van der Waals surface area contributed by atoms with Gasteiger partial charge in [-0.05, 0) is 24.3 Å². The van der Waals surface area contributed by atoms with Crippen LogP contribution >= 0.6 is 27.5 Å². The van der Waals surface area contributed by atoms with Crippen LogP contribution in [0.4, 0.5) is 5.69 Å². The van der Waals surface area contributed by atoms with E-state index < -0.39 is 0 Å². The molecule has 0 amide bonds. The van der Waals surface area contributed by atoms with Crippen molar-refractivity contribution in [3.05, 3.63) is 56.4 Å². The lowest BCUT2D eigenvalue weighted by Gasteiger charge is -2.10. The van der Waals surface area contributed by atoms with Crippen LogP contribution in [0.2, 0.25) is 5.02 Å². The summed E-state index contributed by atoms with van der Waals surface area (Å²) in [7, 11) is 0. The van der Waals surface area contributed by atoms with Crippen molar-refractivity contribution < 1.29 is 4.74 Å². The molecule has 0 saturated heterocycles. The van der Waals surface area contributed by atoms with Crippen LogP contribution in [0, 0.1) is 0 Å². The van der Waals surface area contributed by atoms with E-state index in [0.717, 1.165) is 4.47 Å². The molecule has 0 fully saturated rings. The van der Waals surface area contributed by atoms with E-state index in [1.807, 2.05) is 6.07 Å². The quantitative estimate of drug-likeness (QED) is 0.928. The Morgan fingerprint density at radius 2 is 2.11 bits per heavy atom. The summed E-state index contributed by atoms with van der Waals surface area (Å²) < 4.78 is 7.93. The predicted molar refractivity (Wildman–Crippen MR) is 79.8 cm³/mol. The first kappa shape index (κ1) is 14.0. The van der Waals surface area contributed by atoms with Crippen molar-refractivity contribution in [1.82, 2.24) is 4.57 Å². The number of rotatable bonds is 4. The van der Waals surface area contributed by atoms with Crippen LogP contribution in [-0.2, 0) is 6.54 Å². The van der Waals surface area contributed by atoms with Crippen molar-refractivity contribution >= 4 is 33.2 Å². The Bertz CT molecular complexity index is 643. The smallest absolute Gasteiger partial charge is 0.250 e. The van der Waals surface area contributed by atoms with E-state index in [0.29, 0.717) is 29.6 Å². The Labute approximate surface area is 123 Å². The lowest BCUT2D eigenvalue weighted by Crippen LogP contribution is -2.22. The van der Waals surface area contributed by atoms with E-state index in [9.17, 15) is 4.79 Å². The van der Waals surface area contributed by atoms with Gasteiger partial charge in [-0.3, -0.25) is 4.79 Å². The molecule has 0 saturated carbocycles. The Hall–Kier alpha value is -1.46. The third kappa shape index (κ3) is 3.75. The summed E-state index contributed by atoms with van der Waals surface area (Å²) in [6.07, 6.45) is 1.59. The van der Waals surface area contributed by atoms with E-state index in [4.69, 9.17) is 22.1 Å². The third-order valence-electron chi connectivity index (χ3n) is 2.49. The van der Waals surface area contributed by atoms with Gasteiger partial charge in [0.05, 0.1) is 11.6 Å². The van der Waals surface area contributed by atoms with Gasteiger partial charge in [0.2, 0.25) is 0 Å². The molecule has 2 N–H and O–H groups in total. The Balaban J connectivity index is 2.00. The number of hydrogen-bond acceptors (Lipinski definition) is 3. The van der Waals surface area contributed by atoms with Crippen LogP contribution in [0.1, 0.15) is 0 Å². The maximum Gasteiger partial charge on any atom is 0.250 e. The second kappa shape index (κ2) is 6.12. The predicted octanol–water partition coefficient (Wildman–Crippen LogP) is 2.93. The topological polar surface area (TPSA) is 57.2 Å². The molecule has 19 heavy (non-hydrogen) atoms. The fourth-order valence-corrected chi connectivity index (χ4v) is 2.30. The number of nitrogens with two attached hydrogens (primary N) is 1. The number of pyridine rings is 1. The highest BCUT2D eigenvalue weighted by atomic mass is 79.9. The molecule has 0 bridgehead atoms. The van der Waals surface area contributed by atoms with Crippen LogP contribution in [0.15, 0.2) is 45.8 Å². The van der Waals surface area contributed by atoms with Crippen LogP contribution in [0.3, 0.4) is 0 Å². The van der Waals surface area contributed by atoms with Gasteiger partial charge in [0.15, 0.2) is 0 Å². The zero-order valence-corrected chi connectivity index (χ0v) is 12.3. The van der Waals surface area contributed by atoms with Crippen molar-refractivity contribution in [2.75, 3.05) is 12.3 Å². The molecule has 1 aromatic heterocycles. The number of halogens is 2. The average molecular weight is 344 g/mol. The molecule has 1 aromatic carbocycles. The molecule has 4 nitrogen and oxygen atoms in total. The van der Waals surface area contributed by atoms with Crippen LogP contribution < -0.4 is 16.0 Å². The maximum atomic E-state index is 11.5. The first-order chi connectivity index (χ1) is 9.06. The Kier molecular flexibility index (Phi) is 4.50. The molecule has 2 rings (SSSR count). The minimum Gasteiger partial charge on any atom is -0.490 e. The fraction of sp³-hybridized carbons (Fsp3) is 0.154. The van der Waals surface area contributed by atoms with Crippen LogP contribution in [0.25, 0.3) is 0 Å². The van der Waals surface area contributed by atoms with Crippen molar-refractivity contribution in [3.63, 3.8) is 0 Å². The highest BCUT2D eigenvalue weighted by Gasteiger charge is 2.03. The first-order valence-corrected chi connectivity index (χ1v) is 6.77. The molecule has 0 unspecified atom stereocenters. The monoisotopic (exact) mass is 342 g/mol. The molecule has 0 aliphatic heterocycles. The summed E-state index contributed by atoms with van der Waals surface area (Å²) in [5, 5.41) is 0.522. The van der Waals surface area contributed by atoms with Crippen molar-refractivity contribution in [1.29, 1.82) is 0 Å². The van der Waals surface area contributed by atoms with Crippen molar-refractivity contribution in [2.24, 2.45) is 0 Å². The number of benzene rings is 1. The molecule has 100 valence electrons. The van der Waals surface area contributed by atoms with Gasteiger partial charge in [-0.2, -0.15) is 0 Å². The maximum absolute atomic E-state index is 11.5. The average Bonchev–Trinajstić information content (AvgIpc) is 2.36. The minimum absolute atomic E-state index is 0.111. The zero-order chi connectivity index (χ0) is 13.8. The Morgan fingerprint density at radius 1 is 1.32 bits per heavy atom. The number of anilines is 1. The van der Waals surface area contributed by atoms with Gasteiger partial charge in [0, 0.05) is 22.4 Å². The molecule has 0 atom stereocenters. The Morgan fingerprint density at radius 3 is 2.84 bits per heavy atom. The molecule has 0 radical (unpaired) electrons. The normalized spacial score (nSPS) is 10.4. The summed E-state index contributed by atoms with van der Waals surface area (Å²) in [6.45, 7) is 0.751. The molecule has 0 aliphatic rings. The van der Waals surface area contributed by atoms with Gasteiger partial charge in [-0.1, -0.05) is 27.5 Å². The van der Waals surface area contributed by atoms with E-state index in [1.54, 1.807) is 24.4 Å². The number of hydrogen-bond donors (Lipinski definition) is 1. The molecule has 0 spiro atoms. The lowest BCUT2D eigenvalue weighted by atomic mass is 10.3. The summed E-state index contributed by atoms with van der Waals surface area (Å²) >= 11 is 9.34. The van der Waals surface area contributed by atoms with Crippen molar-refractivity contribution in [3.8, 4) is 5.75 Å². The summed E-state index contributed by atoms with van der Waals surface area (Å²) in [6, 6.07) is 8.37. The second-order valence-corrected chi connectivity index (χ2v) is 5.24. The second-order valence-electron chi connectivity index (χ2n) is 3.92. The molecular weight excluding hydrogens is 332 g/mol. The number of nitrogens with zero attached hydrogens (tertiary/aromatic N) is 1. The molecule has 2 aromatic rings. The summed E-state index contributed by atoms with van der Waals surface area (Å²) in [5.74, 6) is 0.585. The highest BCUT2D eigenvalue weighted by Crippen LogP contribution is 2.27. The van der Waals surface area contributed by atoms with Gasteiger partial charge >= 0.3 is 0 Å². The summed E-state index contributed by atoms with van der Waals surface area (Å²) in [4.78, 5) is 11.5. The largest absolute Gasteiger partial charge is 0.490 e. The minimum atomic E-state index is -0.111. The van der Waals surface area contributed by atoms with Crippen molar-refractivity contribution in [2.45, 2.75) is 6.54 Å². The van der Waals surface area contributed by atoms with Gasteiger partial charge < -0.3 is 15.0 Å². The van der Waals surface area contributed by atoms with Crippen LogP contribution in [0.5, 0.6) is 5.75 Å². The lowest BCUT2D eigenvalue weighted by molar-refractivity contribution is 0.296.